The Balaban J connectivity index is 2.25. The number of carboxylic acids is 1. The predicted octanol–water partition coefficient (Wildman–Crippen LogP) is 1.88. The number of carbonyl (C=O) groups is 2. The monoisotopic (exact) mass is 263 g/mol. The number of aryl methyl sites for hydroxylation is 1. The number of amides is 1. The van der Waals surface area contributed by atoms with E-state index in [4.69, 9.17) is 4.74 Å². The van der Waals surface area contributed by atoms with E-state index < -0.39 is 17.5 Å². The zero-order valence-corrected chi connectivity index (χ0v) is 11.0. The van der Waals surface area contributed by atoms with Gasteiger partial charge in [0.05, 0.1) is 0 Å². The van der Waals surface area contributed by atoms with Crippen LogP contribution in [0.5, 0.6) is 0 Å². The van der Waals surface area contributed by atoms with Crippen molar-refractivity contribution < 1.29 is 19.4 Å². The van der Waals surface area contributed by atoms with E-state index in [-0.39, 0.29) is 6.42 Å². The molecule has 19 heavy (non-hydrogen) atoms. The smallest absolute Gasteiger partial charge is 0.345 e. The number of carbonyl (C=O) groups excluding carboxylic acids is 1. The third-order valence-corrected chi connectivity index (χ3v) is 3.59. The van der Waals surface area contributed by atoms with Crippen LogP contribution in [0.3, 0.4) is 0 Å². The molecule has 0 aliphatic carbocycles. The lowest BCUT2D eigenvalue weighted by Crippen LogP contribution is -2.49. The lowest BCUT2D eigenvalue weighted by molar-refractivity contribution is -0.165. The molecular formula is C14H17NO4. The highest BCUT2D eigenvalue weighted by Crippen LogP contribution is 2.28. The molecule has 2 N–H and O–H groups in total. The van der Waals surface area contributed by atoms with Gasteiger partial charge < -0.3 is 15.2 Å². The van der Waals surface area contributed by atoms with E-state index in [1.807, 2.05) is 26.0 Å². The summed E-state index contributed by atoms with van der Waals surface area (Å²) >= 11 is 0. The van der Waals surface area contributed by atoms with E-state index in [1.54, 1.807) is 6.07 Å². The highest BCUT2D eigenvalue weighted by atomic mass is 16.5. The summed E-state index contributed by atoms with van der Waals surface area (Å²) in [4.78, 5) is 23.5. The van der Waals surface area contributed by atoms with E-state index in [0.717, 1.165) is 11.1 Å². The number of carboxylic acid groups (broad SMARTS) is 1. The van der Waals surface area contributed by atoms with Crippen LogP contribution in [0.15, 0.2) is 18.2 Å². The number of anilines is 1. The third-order valence-electron chi connectivity index (χ3n) is 3.59. The van der Waals surface area contributed by atoms with Gasteiger partial charge in [0.15, 0.2) is 0 Å². The molecule has 102 valence electrons. The SMILES string of the molecule is Cc1cccc(NC(=O)C2(C(=O)O)CCCO2)c1C. The lowest BCUT2D eigenvalue weighted by Gasteiger charge is -2.22. The minimum Gasteiger partial charge on any atom is -0.479 e. The van der Waals surface area contributed by atoms with Gasteiger partial charge in [-0.1, -0.05) is 12.1 Å². The first-order valence-corrected chi connectivity index (χ1v) is 6.22. The van der Waals surface area contributed by atoms with Crippen molar-refractivity contribution in [3.63, 3.8) is 0 Å². The number of rotatable bonds is 3. The normalized spacial score (nSPS) is 22.2. The van der Waals surface area contributed by atoms with Crippen LogP contribution in [0.2, 0.25) is 0 Å². The van der Waals surface area contributed by atoms with Crippen LogP contribution in [0, 0.1) is 13.8 Å². The zero-order chi connectivity index (χ0) is 14.0. The summed E-state index contributed by atoms with van der Waals surface area (Å²) in [5.74, 6) is -1.83. The highest BCUT2D eigenvalue weighted by Gasteiger charge is 2.50. The number of aliphatic carboxylic acids is 1. The second-order valence-electron chi connectivity index (χ2n) is 4.79. The average molecular weight is 263 g/mol. The van der Waals surface area contributed by atoms with Crippen LogP contribution >= 0.6 is 0 Å². The molecule has 0 spiro atoms. The van der Waals surface area contributed by atoms with Gasteiger partial charge in [-0.05, 0) is 43.9 Å². The van der Waals surface area contributed by atoms with Crippen molar-refractivity contribution in [2.24, 2.45) is 0 Å². The van der Waals surface area contributed by atoms with Crippen molar-refractivity contribution in [2.45, 2.75) is 32.3 Å². The van der Waals surface area contributed by atoms with Crippen LogP contribution in [0.25, 0.3) is 0 Å². The fourth-order valence-corrected chi connectivity index (χ4v) is 2.19. The summed E-state index contributed by atoms with van der Waals surface area (Å²) in [7, 11) is 0. The molecule has 1 unspecified atom stereocenters. The Hall–Kier alpha value is -1.88. The predicted molar refractivity (Wildman–Crippen MR) is 70.1 cm³/mol. The largest absolute Gasteiger partial charge is 0.479 e. The Bertz CT molecular complexity index is 518. The molecule has 5 heteroatoms. The minimum absolute atomic E-state index is 0.207. The Morgan fingerprint density at radius 1 is 1.37 bits per heavy atom. The van der Waals surface area contributed by atoms with Gasteiger partial charge in [-0.3, -0.25) is 4.79 Å². The summed E-state index contributed by atoms with van der Waals surface area (Å²) in [6.45, 7) is 4.12. The molecule has 0 saturated carbocycles. The second-order valence-corrected chi connectivity index (χ2v) is 4.79. The molecule has 1 aliphatic rings. The second kappa shape index (κ2) is 5.01. The topological polar surface area (TPSA) is 75.6 Å². The van der Waals surface area contributed by atoms with Crippen LogP contribution < -0.4 is 5.32 Å². The summed E-state index contributed by atoms with van der Waals surface area (Å²) < 4.78 is 5.19. The standard InChI is InChI=1S/C14H17NO4/c1-9-5-3-6-11(10(9)2)15-12(16)14(13(17)18)7-4-8-19-14/h3,5-6H,4,7-8H2,1-2H3,(H,15,16)(H,17,18). The maximum Gasteiger partial charge on any atom is 0.345 e. The number of ether oxygens (including phenoxy) is 1. The van der Waals surface area contributed by atoms with Gasteiger partial charge >= 0.3 is 5.97 Å². The van der Waals surface area contributed by atoms with E-state index in [2.05, 4.69) is 5.32 Å². The molecule has 0 radical (unpaired) electrons. The molecule has 1 aromatic rings. The molecule has 1 aromatic carbocycles. The van der Waals surface area contributed by atoms with Gasteiger partial charge in [0.2, 0.25) is 5.60 Å². The summed E-state index contributed by atoms with van der Waals surface area (Å²) in [6.07, 6.45) is 0.783. The van der Waals surface area contributed by atoms with E-state index >= 15 is 0 Å². The van der Waals surface area contributed by atoms with Crippen molar-refractivity contribution in [1.82, 2.24) is 0 Å². The first-order valence-electron chi connectivity index (χ1n) is 6.22. The van der Waals surface area contributed by atoms with Gasteiger partial charge in [-0.25, -0.2) is 4.79 Å². The van der Waals surface area contributed by atoms with Gasteiger partial charge in [-0.2, -0.15) is 0 Å². The van der Waals surface area contributed by atoms with Crippen molar-refractivity contribution in [1.29, 1.82) is 0 Å². The van der Waals surface area contributed by atoms with Crippen LogP contribution in [-0.4, -0.2) is 29.2 Å². The van der Waals surface area contributed by atoms with E-state index in [0.29, 0.717) is 18.7 Å². The van der Waals surface area contributed by atoms with Crippen molar-refractivity contribution in [3.05, 3.63) is 29.3 Å². The van der Waals surface area contributed by atoms with Crippen molar-refractivity contribution in [2.75, 3.05) is 11.9 Å². The fraction of sp³-hybridized carbons (Fsp3) is 0.429. The Morgan fingerprint density at radius 2 is 2.11 bits per heavy atom. The van der Waals surface area contributed by atoms with Crippen LogP contribution in [0.4, 0.5) is 5.69 Å². The first-order chi connectivity index (χ1) is 8.97. The average Bonchev–Trinajstić information content (AvgIpc) is 2.85. The minimum atomic E-state index is -1.74. The maximum atomic E-state index is 12.2. The number of hydrogen-bond donors (Lipinski definition) is 2. The molecular weight excluding hydrogens is 246 g/mol. The molecule has 1 atom stereocenters. The fourth-order valence-electron chi connectivity index (χ4n) is 2.19. The van der Waals surface area contributed by atoms with Gasteiger partial charge in [-0.15, -0.1) is 0 Å². The highest BCUT2D eigenvalue weighted by molar-refractivity contribution is 6.11. The quantitative estimate of drug-likeness (QED) is 0.816. The summed E-state index contributed by atoms with van der Waals surface area (Å²) in [6, 6.07) is 5.51. The molecule has 1 fully saturated rings. The van der Waals surface area contributed by atoms with Crippen LogP contribution in [-0.2, 0) is 14.3 Å². The third kappa shape index (κ3) is 2.33. The van der Waals surface area contributed by atoms with E-state index in [1.165, 1.54) is 0 Å². The Kier molecular flexibility index (Phi) is 3.57. The summed E-state index contributed by atoms with van der Waals surface area (Å²) in [5, 5.41) is 11.9. The molecule has 0 aromatic heterocycles. The molecule has 1 amide bonds. The van der Waals surface area contributed by atoms with Crippen molar-refractivity contribution in [3.8, 4) is 0 Å². The van der Waals surface area contributed by atoms with Gasteiger partial charge in [0, 0.05) is 12.3 Å². The molecule has 2 rings (SSSR count). The number of hydrogen-bond acceptors (Lipinski definition) is 3. The Labute approximate surface area is 111 Å². The molecule has 1 saturated heterocycles. The number of nitrogens with one attached hydrogen (secondary N) is 1. The zero-order valence-electron chi connectivity index (χ0n) is 11.0. The maximum absolute atomic E-state index is 12.2. The molecule has 1 heterocycles. The molecule has 0 bridgehead atoms. The van der Waals surface area contributed by atoms with Gasteiger partial charge in [0.1, 0.15) is 0 Å². The lowest BCUT2D eigenvalue weighted by atomic mass is 9.98. The first kappa shape index (κ1) is 13.5. The molecule has 5 nitrogen and oxygen atoms in total. The Morgan fingerprint density at radius 3 is 2.68 bits per heavy atom. The van der Waals surface area contributed by atoms with Crippen LogP contribution in [0.1, 0.15) is 24.0 Å². The van der Waals surface area contributed by atoms with E-state index in [9.17, 15) is 14.7 Å². The number of benzene rings is 1. The summed E-state index contributed by atoms with van der Waals surface area (Å²) in [5.41, 5.74) is 0.848. The van der Waals surface area contributed by atoms with Crippen molar-refractivity contribution >= 4 is 17.6 Å². The molecule has 1 aliphatic heterocycles. The van der Waals surface area contributed by atoms with Gasteiger partial charge in [0.25, 0.3) is 5.91 Å².